The highest BCUT2D eigenvalue weighted by Gasteiger charge is 2.18. The molecule has 104 valence electrons. The summed E-state index contributed by atoms with van der Waals surface area (Å²) in [5, 5.41) is 0.982. The highest BCUT2D eigenvalue weighted by Crippen LogP contribution is 2.33. The quantitative estimate of drug-likeness (QED) is 0.781. The summed E-state index contributed by atoms with van der Waals surface area (Å²) in [6.45, 7) is 3.87. The number of hydrogen-bond acceptors (Lipinski definition) is 3. The molecule has 0 aliphatic heterocycles. The van der Waals surface area contributed by atoms with Crippen LogP contribution in [0.25, 0.3) is 11.1 Å². The lowest BCUT2D eigenvalue weighted by Gasteiger charge is -2.11. The Morgan fingerprint density at radius 3 is 2.50 bits per heavy atom. The maximum absolute atomic E-state index is 11.8. The monoisotopic (exact) mass is 309 g/mol. The normalized spacial score (nSPS) is 10.4. The Labute approximate surface area is 127 Å². The molecule has 0 atom stereocenters. The van der Waals surface area contributed by atoms with Crippen molar-refractivity contribution in [3.8, 4) is 11.1 Å². The summed E-state index contributed by atoms with van der Waals surface area (Å²) < 4.78 is 4.97. The van der Waals surface area contributed by atoms with Crippen molar-refractivity contribution in [3.05, 3.63) is 51.8 Å². The molecule has 20 heavy (non-hydrogen) atoms. The topological polar surface area (TPSA) is 39.2 Å². The van der Waals surface area contributed by atoms with Gasteiger partial charge in [-0.3, -0.25) is 4.98 Å². The first-order chi connectivity index (χ1) is 9.54. The van der Waals surface area contributed by atoms with E-state index in [0.717, 1.165) is 11.3 Å². The molecule has 2 aromatic rings. The van der Waals surface area contributed by atoms with Crippen LogP contribution in [0.3, 0.4) is 0 Å². The molecule has 0 aliphatic rings. The van der Waals surface area contributed by atoms with Crippen molar-refractivity contribution >= 4 is 29.2 Å². The molecule has 0 saturated heterocycles. The number of halogens is 2. The third-order valence-corrected chi connectivity index (χ3v) is 3.48. The molecule has 0 radical (unpaired) electrons. The molecule has 3 nitrogen and oxygen atoms in total. The van der Waals surface area contributed by atoms with Gasteiger partial charge in [0.15, 0.2) is 0 Å². The van der Waals surface area contributed by atoms with E-state index in [-0.39, 0.29) is 5.56 Å². The standard InChI is InChI=1S/C15H13Cl2NO2/c1-3-20-15(19)12-8-18-9(2)13(14(12)17)10-4-6-11(16)7-5-10/h4-8H,3H2,1-2H3. The number of carbonyl (C=O) groups excluding carboxylic acids is 1. The highest BCUT2D eigenvalue weighted by molar-refractivity contribution is 6.36. The molecule has 0 bridgehead atoms. The van der Waals surface area contributed by atoms with E-state index < -0.39 is 5.97 Å². The van der Waals surface area contributed by atoms with E-state index in [4.69, 9.17) is 27.9 Å². The van der Waals surface area contributed by atoms with E-state index in [9.17, 15) is 4.79 Å². The number of rotatable bonds is 3. The number of aromatic nitrogens is 1. The largest absolute Gasteiger partial charge is 0.462 e. The van der Waals surface area contributed by atoms with Crippen LogP contribution < -0.4 is 0 Å². The molecular formula is C15H13Cl2NO2. The van der Waals surface area contributed by atoms with E-state index in [1.165, 1.54) is 6.20 Å². The fraction of sp³-hybridized carbons (Fsp3) is 0.200. The van der Waals surface area contributed by atoms with Crippen molar-refractivity contribution in [1.82, 2.24) is 4.98 Å². The van der Waals surface area contributed by atoms with Crippen molar-refractivity contribution in [2.24, 2.45) is 0 Å². The van der Waals surface area contributed by atoms with Gasteiger partial charge in [0.05, 0.1) is 17.2 Å². The van der Waals surface area contributed by atoms with Gasteiger partial charge in [-0.05, 0) is 31.5 Å². The van der Waals surface area contributed by atoms with Crippen LogP contribution in [0.2, 0.25) is 10.0 Å². The maximum atomic E-state index is 11.8. The Morgan fingerprint density at radius 2 is 1.90 bits per heavy atom. The fourth-order valence-corrected chi connectivity index (χ4v) is 2.38. The number of ether oxygens (including phenoxy) is 1. The maximum Gasteiger partial charge on any atom is 0.341 e. The zero-order valence-corrected chi connectivity index (χ0v) is 12.6. The summed E-state index contributed by atoms with van der Waals surface area (Å²) in [4.78, 5) is 16.1. The van der Waals surface area contributed by atoms with Crippen LogP contribution in [-0.4, -0.2) is 17.6 Å². The summed E-state index contributed by atoms with van der Waals surface area (Å²) in [6, 6.07) is 7.22. The number of carbonyl (C=O) groups is 1. The third-order valence-electron chi connectivity index (χ3n) is 2.83. The molecule has 0 N–H and O–H groups in total. The number of hydrogen-bond donors (Lipinski definition) is 0. The molecule has 0 unspecified atom stereocenters. The zero-order chi connectivity index (χ0) is 14.7. The molecule has 1 aromatic heterocycles. The second-order valence-electron chi connectivity index (χ2n) is 4.17. The number of pyridine rings is 1. The van der Waals surface area contributed by atoms with E-state index in [2.05, 4.69) is 4.98 Å². The number of aryl methyl sites for hydroxylation is 1. The molecule has 0 saturated carbocycles. The Morgan fingerprint density at radius 1 is 1.25 bits per heavy atom. The third kappa shape index (κ3) is 2.94. The van der Waals surface area contributed by atoms with Gasteiger partial charge in [-0.1, -0.05) is 35.3 Å². The van der Waals surface area contributed by atoms with E-state index >= 15 is 0 Å². The van der Waals surface area contributed by atoms with Crippen molar-refractivity contribution in [2.45, 2.75) is 13.8 Å². The molecule has 0 amide bonds. The molecule has 2 rings (SSSR count). The second-order valence-corrected chi connectivity index (χ2v) is 4.99. The van der Waals surface area contributed by atoms with Gasteiger partial charge in [-0.2, -0.15) is 0 Å². The number of benzene rings is 1. The average molecular weight is 310 g/mol. The average Bonchev–Trinajstić information content (AvgIpc) is 2.41. The van der Waals surface area contributed by atoms with Crippen LogP contribution in [0.1, 0.15) is 23.0 Å². The van der Waals surface area contributed by atoms with Crippen LogP contribution in [0, 0.1) is 6.92 Å². The number of nitrogens with zero attached hydrogens (tertiary/aromatic N) is 1. The molecule has 0 aliphatic carbocycles. The zero-order valence-electron chi connectivity index (χ0n) is 11.1. The van der Waals surface area contributed by atoms with Crippen molar-refractivity contribution in [3.63, 3.8) is 0 Å². The summed E-state index contributed by atoms with van der Waals surface area (Å²) >= 11 is 12.2. The van der Waals surface area contributed by atoms with Crippen LogP contribution in [0.15, 0.2) is 30.5 Å². The van der Waals surface area contributed by atoms with Gasteiger partial charge < -0.3 is 4.74 Å². The van der Waals surface area contributed by atoms with E-state index in [1.54, 1.807) is 19.1 Å². The van der Waals surface area contributed by atoms with Gasteiger partial charge >= 0.3 is 5.97 Å². The molecule has 1 heterocycles. The van der Waals surface area contributed by atoms with Crippen molar-refractivity contribution < 1.29 is 9.53 Å². The molecule has 0 fully saturated rings. The first-order valence-corrected chi connectivity index (χ1v) is 6.88. The summed E-state index contributed by atoms with van der Waals surface area (Å²) in [5.41, 5.74) is 2.58. The Bertz CT molecular complexity index is 639. The second kappa shape index (κ2) is 6.25. The minimum atomic E-state index is -0.472. The fourth-order valence-electron chi connectivity index (χ4n) is 1.88. The SMILES string of the molecule is CCOC(=O)c1cnc(C)c(-c2ccc(Cl)cc2)c1Cl. The predicted octanol–water partition coefficient (Wildman–Crippen LogP) is 4.54. The minimum absolute atomic E-state index is 0.268. The van der Waals surface area contributed by atoms with Gasteiger partial charge in [0.25, 0.3) is 0 Å². The molecule has 0 spiro atoms. The van der Waals surface area contributed by atoms with Gasteiger partial charge in [0.2, 0.25) is 0 Å². The van der Waals surface area contributed by atoms with Gasteiger partial charge in [0, 0.05) is 22.5 Å². The lowest BCUT2D eigenvalue weighted by Crippen LogP contribution is -2.07. The molecule has 5 heteroatoms. The molecular weight excluding hydrogens is 297 g/mol. The molecule has 1 aromatic carbocycles. The lowest BCUT2D eigenvalue weighted by atomic mass is 10.0. The first kappa shape index (κ1) is 14.8. The summed E-state index contributed by atoms with van der Waals surface area (Å²) in [5.74, 6) is -0.472. The predicted molar refractivity (Wildman–Crippen MR) is 80.4 cm³/mol. The van der Waals surface area contributed by atoms with Gasteiger partial charge in [-0.25, -0.2) is 4.79 Å². The summed E-state index contributed by atoms with van der Waals surface area (Å²) in [7, 11) is 0. The smallest absolute Gasteiger partial charge is 0.341 e. The van der Waals surface area contributed by atoms with E-state index in [1.807, 2.05) is 19.1 Å². The van der Waals surface area contributed by atoms with Crippen LogP contribution >= 0.6 is 23.2 Å². The van der Waals surface area contributed by atoms with Crippen LogP contribution in [-0.2, 0) is 4.74 Å². The van der Waals surface area contributed by atoms with Crippen LogP contribution in [0.5, 0.6) is 0 Å². The lowest BCUT2D eigenvalue weighted by molar-refractivity contribution is 0.0526. The van der Waals surface area contributed by atoms with Crippen molar-refractivity contribution in [1.29, 1.82) is 0 Å². The van der Waals surface area contributed by atoms with Crippen molar-refractivity contribution in [2.75, 3.05) is 6.61 Å². The Kier molecular flexibility index (Phi) is 4.63. The first-order valence-electron chi connectivity index (χ1n) is 6.12. The van der Waals surface area contributed by atoms with Crippen LogP contribution in [0.4, 0.5) is 0 Å². The Balaban J connectivity index is 2.55. The van der Waals surface area contributed by atoms with Gasteiger partial charge in [0.1, 0.15) is 0 Å². The van der Waals surface area contributed by atoms with E-state index in [0.29, 0.717) is 22.2 Å². The summed E-state index contributed by atoms with van der Waals surface area (Å²) in [6.07, 6.45) is 1.44. The van der Waals surface area contributed by atoms with Gasteiger partial charge in [-0.15, -0.1) is 0 Å². The Hall–Kier alpha value is -1.58. The minimum Gasteiger partial charge on any atom is -0.462 e. The highest BCUT2D eigenvalue weighted by atomic mass is 35.5. The number of esters is 1.